The van der Waals surface area contributed by atoms with Crippen LogP contribution in [-0.4, -0.2) is 25.8 Å². The van der Waals surface area contributed by atoms with Crippen LogP contribution in [0.5, 0.6) is 0 Å². The van der Waals surface area contributed by atoms with Crippen LogP contribution < -0.4 is 0 Å². The van der Waals surface area contributed by atoms with Gasteiger partial charge in [-0.15, -0.1) is 0 Å². The summed E-state index contributed by atoms with van der Waals surface area (Å²) in [5.41, 5.74) is -0.424. The van der Waals surface area contributed by atoms with Gasteiger partial charge in [-0.3, -0.25) is 0 Å². The van der Waals surface area contributed by atoms with Crippen LogP contribution in [0.3, 0.4) is 0 Å². The number of sulfonamides is 1. The lowest BCUT2D eigenvalue weighted by atomic mass is 10.2. The summed E-state index contributed by atoms with van der Waals surface area (Å²) in [5.74, 6) is -0.814. The molecule has 0 saturated carbocycles. The van der Waals surface area contributed by atoms with E-state index in [-0.39, 0.29) is 11.4 Å². The first kappa shape index (κ1) is 14.6. The van der Waals surface area contributed by atoms with Crippen molar-refractivity contribution < 1.29 is 12.8 Å². The second-order valence-corrected chi connectivity index (χ2v) is 5.63. The molecule has 0 radical (unpaired) electrons. The molecular formula is C12H15FN2O2S. The van der Waals surface area contributed by atoms with Crippen LogP contribution in [0.25, 0.3) is 0 Å². The van der Waals surface area contributed by atoms with Gasteiger partial charge in [0.25, 0.3) is 0 Å². The molecule has 0 amide bonds. The van der Waals surface area contributed by atoms with Gasteiger partial charge < -0.3 is 0 Å². The maximum atomic E-state index is 13.4. The molecule has 18 heavy (non-hydrogen) atoms. The standard InChI is InChI=1S/C12H15FN2O2S/c1-3-8-15(4-2)18(16,17)12-7-5-6-11(13)10(12)9-14/h5-7H,3-4,8H2,1-2H3. The average molecular weight is 270 g/mol. The molecule has 6 heteroatoms. The van der Waals surface area contributed by atoms with E-state index in [2.05, 4.69) is 0 Å². The molecule has 0 heterocycles. The molecule has 0 saturated heterocycles. The third-order valence-corrected chi connectivity index (χ3v) is 4.55. The lowest BCUT2D eigenvalue weighted by Gasteiger charge is -2.20. The molecule has 0 aliphatic heterocycles. The van der Waals surface area contributed by atoms with Gasteiger partial charge in [0, 0.05) is 13.1 Å². The summed E-state index contributed by atoms with van der Waals surface area (Å²) < 4.78 is 39.3. The quantitative estimate of drug-likeness (QED) is 0.823. The van der Waals surface area contributed by atoms with Gasteiger partial charge in [-0.25, -0.2) is 12.8 Å². The molecule has 0 spiro atoms. The molecule has 0 fully saturated rings. The van der Waals surface area contributed by atoms with E-state index in [9.17, 15) is 12.8 Å². The fraction of sp³-hybridized carbons (Fsp3) is 0.417. The Bertz CT molecular complexity index is 564. The van der Waals surface area contributed by atoms with Gasteiger partial charge in [-0.1, -0.05) is 19.9 Å². The van der Waals surface area contributed by atoms with E-state index in [1.807, 2.05) is 6.92 Å². The minimum absolute atomic E-state index is 0.264. The van der Waals surface area contributed by atoms with Crippen molar-refractivity contribution in [2.45, 2.75) is 25.2 Å². The highest BCUT2D eigenvalue weighted by Gasteiger charge is 2.26. The van der Waals surface area contributed by atoms with E-state index in [1.54, 1.807) is 13.0 Å². The first-order chi connectivity index (χ1) is 8.48. The minimum atomic E-state index is -3.81. The van der Waals surface area contributed by atoms with Crippen molar-refractivity contribution >= 4 is 10.0 Å². The SMILES string of the molecule is CCCN(CC)S(=O)(=O)c1cccc(F)c1C#N. The van der Waals surface area contributed by atoms with Crippen molar-refractivity contribution in [3.05, 3.63) is 29.6 Å². The van der Waals surface area contributed by atoms with E-state index in [4.69, 9.17) is 5.26 Å². The van der Waals surface area contributed by atoms with E-state index in [0.29, 0.717) is 13.0 Å². The maximum absolute atomic E-state index is 13.4. The Hall–Kier alpha value is -1.45. The summed E-state index contributed by atoms with van der Waals surface area (Å²) in [6.45, 7) is 4.20. The predicted molar refractivity (Wildman–Crippen MR) is 65.8 cm³/mol. The summed E-state index contributed by atoms with van der Waals surface area (Å²) in [4.78, 5) is -0.264. The van der Waals surface area contributed by atoms with Gasteiger partial charge in [0.15, 0.2) is 0 Å². The highest BCUT2D eigenvalue weighted by atomic mass is 32.2. The summed E-state index contributed by atoms with van der Waals surface area (Å²) in [7, 11) is -3.81. The predicted octanol–water partition coefficient (Wildman–Crippen LogP) is 2.12. The lowest BCUT2D eigenvalue weighted by molar-refractivity contribution is 0.426. The topological polar surface area (TPSA) is 61.2 Å². The maximum Gasteiger partial charge on any atom is 0.244 e. The van der Waals surface area contributed by atoms with E-state index in [0.717, 1.165) is 6.07 Å². The van der Waals surface area contributed by atoms with Gasteiger partial charge in [0.2, 0.25) is 10.0 Å². The second kappa shape index (κ2) is 5.94. The van der Waals surface area contributed by atoms with Crippen molar-refractivity contribution in [2.75, 3.05) is 13.1 Å². The molecule has 0 atom stereocenters. The Morgan fingerprint density at radius 2 is 2.06 bits per heavy atom. The van der Waals surface area contributed by atoms with Crippen molar-refractivity contribution in [3.63, 3.8) is 0 Å². The van der Waals surface area contributed by atoms with Gasteiger partial charge >= 0.3 is 0 Å². The average Bonchev–Trinajstić information content (AvgIpc) is 2.35. The van der Waals surface area contributed by atoms with Crippen LogP contribution in [0.15, 0.2) is 23.1 Å². The van der Waals surface area contributed by atoms with Crippen LogP contribution in [-0.2, 0) is 10.0 Å². The number of benzene rings is 1. The molecule has 0 bridgehead atoms. The third-order valence-electron chi connectivity index (χ3n) is 2.53. The molecule has 98 valence electrons. The summed E-state index contributed by atoms with van der Waals surface area (Å²) >= 11 is 0. The Labute approximate surface area is 107 Å². The fourth-order valence-corrected chi connectivity index (χ4v) is 3.36. The Morgan fingerprint density at radius 1 is 1.39 bits per heavy atom. The first-order valence-corrected chi connectivity index (χ1v) is 7.11. The minimum Gasteiger partial charge on any atom is -0.207 e. The lowest BCUT2D eigenvalue weighted by Crippen LogP contribution is -2.32. The largest absolute Gasteiger partial charge is 0.244 e. The molecule has 0 aliphatic carbocycles. The van der Waals surface area contributed by atoms with E-state index < -0.39 is 21.4 Å². The molecule has 1 aromatic carbocycles. The van der Waals surface area contributed by atoms with Crippen molar-refractivity contribution in [2.24, 2.45) is 0 Å². The number of hydrogen-bond acceptors (Lipinski definition) is 3. The van der Waals surface area contributed by atoms with Crippen molar-refractivity contribution in [1.82, 2.24) is 4.31 Å². The molecule has 0 N–H and O–H groups in total. The van der Waals surface area contributed by atoms with E-state index >= 15 is 0 Å². The molecule has 1 aromatic rings. The Morgan fingerprint density at radius 3 is 2.56 bits per heavy atom. The third kappa shape index (κ3) is 2.68. The van der Waals surface area contributed by atoms with Crippen LogP contribution in [0, 0.1) is 17.1 Å². The number of nitriles is 1. The number of rotatable bonds is 5. The summed E-state index contributed by atoms with van der Waals surface area (Å²) in [5, 5.41) is 8.87. The molecule has 4 nitrogen and oxygen atoms in total. The first-order valence-electron chi connectivity index (χ1n) is 5.67. The molecular weight excluding hydrogens is 255 g/mol. The van der Waals surface area contributed by atoms with Gasteiger partial charge in [0.1, 0.15) is 22.3 Å². The van der Waals surface area contributed by atoms with Crippen molar-refractivity contribution in [1.29, 1.82) is 5.26 Å². The van der Waals surface area contributed by atoms with E-state index in [1.165, 1.54) is 16.4 Å². The normalized spacial score (nSPS) is 11.5. The number of hydrogen-bond donors (Lipinski definition) is 0. The van der Waals surface area contributed by atoms with Crippen LogP contribution >= 0.6 is 0 Å². The summed E-state index contributed by atoms with van der Waals surface area (Å²) in [6.07, 6.45) is 0.657. The Kier molecular flexibility index (Phi) is 4.82. The second-order valence-electron chi connectivity index (χ2n) is 3.72. The van der Waals surface area contributed by atoms with Crippen LogP contribution in [0.4, 0.5) is 4.39 Å². The van der Waals surface area contributed by atoms with Crippen LogP contribution in [0.2, 0.25) is 0 Å². The van der Waals surface area contributed by atoms with Crippen molar-refractivity contribution in [3.8, 4) is 6.07 Å². The zero-order valence-corrected chi connectivity index (χ0v) is 11.2. The highest BCUT2D eigenvalue weighted by Crippen LogP contribution is 2.22. The molecule has 0 unspecified atom stereocenters. The fourth-order valence-electron chi connectivity index (χ4n) is 1.66. The molecule has 0 aromatic heterocycles. The Balaban J connectivity index is 3.37. The van der Waals surface area contributed by atoms with Gasteiger partial charge in [-0.2, -0.15) is 9.57 Å². The zero-order chi connectivity index (χ0) is 13.8. The monoisotopic (exact) mass is 270 g/mol. The van der Waals surface area contributed by atoms with Crippen LogP contribution in [0.1, 0.15) is 25.8 Å². The zero-order valence-electron chi connectivity index (χ0n) is 10.4. The van der Waals surface area contributed by atoms with Gasteiger partial charge in [-0.05, 0) is 18.6 Å². The highest BCUT2D eigenvalue weighted by molar-refractivity contribution is 7.89. The smallest absolute Gasteiger partial charge is 0.207 e. The number of halogens is 1. The molecule has 0 aliphatic rings. The van der Waals surface area contributed by atoms with Gasteiger partial charge in [0.05, 0.1) is 0 Å². The molecule has 1 rings (SSSR count). The summed E-state index contributed by atoms with van der Waals surface area (Å²) in [6, 6.07) is 5.24. The number of nitrogens with zero attached hydrogens (tertiary/aromatic N) is 2.